The summed E-state index contributed by atoms with van der Waals surface area (Å²) >= 11 is 9.18. The van der Waals surface area contributed by atoms with E-state index in [-0.39, 0.29) is 29.4 Å². The molecule has 0 unspecified atom stereocenters. The molecule has 1 fully saturated rings. The van der Waals surface area contributed by atoms with Gasteiger partial charge in [0, 0.05) is 9.50 Å². The maximum Gasteiger partial charge on any atom is 0.341 e. The maximum absolute atomic E-state index is 13.0. The van der Waals surface area contributed by atoms with Gasteiger partial charge < -0.3 is 14.6 Å². The average Bonchev–Trinajstić information content (AvgIpc) is 2.73. The molecule has 1 aliphatic heterocycles. The zero-order valence-electron chi connectivity index (χ0n) is 16.6. The van der Waals surface area contributed by atoms with E-state index in [0.29, 0.717) is 15.1 Å². The Bertz CT molecular complexity index is 1130. The van der Waals surface area contributed by atoms with Gasteiger partial charge in [0.05, 0.1) is 12.3 Å². The lowest BCUT2D eigenvalue weighted by Crippen LogP contribution is -2.54. The fraction of sp³-hybridized carbons (Fsp3) is 0.143. The molecule has 1 heterocycles. The van der Waals surface area contributed by atoms with Crippen molar-refractivity contribution >= 4 is 63.1 Å². The van der Waals surface area contributed by atoms with Gasteiger partial charge in [0.1, 0.15) is 5.57 Å². The summed E-state index contributed by atoms with van der Waals surface area (Å²) in [6, 6.07) is 8.05. The summed E-state index contributed by atoms with van der Waals surface area (Å²) < 4.78 is 11.1. The minimum Gasteiger partial charge on any atom is -0.490 e. The first-order valence-electron chi connectivity index (χ1n) is 9.19. The summed E-state index contributed by atoms with van der Waals surface area (Å²) in [4.78, 5) is 49.4. The molecule has 0 spiro atoms. The Hall–Kier alpha value is -3.37. The zero-order valence-corrected chi connectivity index (χ0v) is 18.9. The number of hydrogen-bond donors (Lipinski definition) is 2. The number of halogens is 2. The minimum absolute atomic E-state index is 0.167. The summed E-state index contributed by atoms with van der Waals surface area (Å²) in [6.07, 6.45) is 1.29. The first-order chi connectivity index (χ1) is 15.2. The van der Waals surface area contributed by atoms with Crippen molar-refractivity contribution in [1.82, 2.24) is 5.32 Å². The third kappa shape index (κ3) is 5.09. The van der Waals surface area contributed by atoms with Gasteiger partial charge >= 0.3 is 12.0 Å². The molecule has 11 heteroatoms. The minimum atomic E-state index is -1.16. The van der Waals surface area contributed by atoms with Crippen molar-refractivity contribution in [2.24, 2.45) is 0 Å². The van der Waals surface area contributed by atoms with Crippen LogP contribution < -0.4 is 19.7 Å². The molecule has 4 amide bonds. The zero-order chi connectivity index (χ0) is 23.4. The molecule has 166 valence electrons. The summed E-state index contributed by atoms with van der Waals surface area (Å²) in [5.74, 6) is -2.46. The maximum atomic E-state index is 13.0. The topological polar surface area (TPSA) is 122 Å². The van der Waals surface area contributed by atoms with Gasteiger partial charge in [-0.3, -0.25) is 14.9 Å². The van der Waals surface area contributed by atoms with Gasteiger partial charge in [-0.25, -0.2) is 14.5 Å². The fourth-order valence-corrected chi connectivity index (χ4v) is 3.38. The number of nitrogens with zero attached hydrogens (tertiary/aromatic N) is 1. The number of aliphatic carboxylic acids is 1. The molecular formula is C21H16BrClN2O7. The van der Waals surface area contributed by atoms with Crippen molar-refractivity contribution in [3.63, 3.8) is 0 Å². The molecule has 0 aliphatic carbocycles. The highest BCUT2D eigenvalue weighted by Gasteiger charge is 2.37. The fourth-order valence-electron chi connectivity index (χ4n) is 2.82. The van der Waals surface area contributed by atoms with Crippen molar-refractivity contribution in [1.29, 1.82) is 0 Å². The van der Waals surface area contributed by atoms with E-state index >= 15 is 0 Å². The van der Waals surface area contributed by atoms with Crippen LogP contribution in [0.15, 0.2) is 46.4 Å². The van der Waals surface area contributed by atoms with Crippen LogP contribution in [-0.2, 0) is 14.4 Å². The number of barbiturate groups is 1. The van der Waals surface area contributed by atoms with E-state index in [2.05, 4.69) is 21.2 Å². The Kier molecular flexibility index (Phi) is 7.16. The van der Waals surface area contributed by atoms with E-state index in [0.717, 1.165) is 4.90 Å². The van der Waals surface area contributed by atoms with Crippen LogP contribution in [0.2, 0.25) is 5.02 Å². The number of carboxylic acid groups (broad SMARTS) is 1. The summed E-state index contributed by atoms with van der Waals surface area (Å²) in [5.41, 5.74) is 0.323. The molecule has 2 N–H and O–H groups in total. The molecule has 2 aromatic carbocycles. The summed E-state index contributed by atoms with van der Waals surface area (Å²) in [7, 11) is 0. The molecule has 9 nitrogen and oxygen atoms in total. The molecule has 3 rings (SSSR count). The summed E-state index contributed by atoms with van der Waals surface area (Å²) in [6.45, 7) is 1.42. The van der Waals surface area contributed by atoms with Crippen molar-refractivity contribution in [3.05, 3.63) is 57.0 Å². The average molecular weight is 524 g/mol. The van der Waals surface area contributed by atoms with Gasteiger partial charge in [0.25, 0.3) is 11.8 Å². The number of urea groups is 1. The van der Waals surface area contributed by atoms with Gasteiger partial charge in [-0.05, 0) is 55.0 Å². The molecule has 1 aliphatic rings. The Morgan fingerprint density at radius 2 is 1.81 bits per heavy atom. The number of ether oxygens (including phenoxy) is 2. The Balaban J connectivity index is 2.01. The van der Waals surface area contributed by atoms with E-state index in [4.69, 9.17) is 26.2 Å². The normalized spacial score (nSPS) is 15.0. The monoisotopic (exact) mass is 522 g/mol. The van der Waals surface area contributed by atoms with Crippen LogP contribution in [-0.4, -0.2) is 42.1 Å². The highest BCUT2D eigenvalue weighted by atomic mass is 79.9. The predicted octanol–water partition coefficient (Wildman–Crippen LogP) is 3.63. The van der Waals surface area contributed by atoms with E-state index in [1.165, 1.54) is 42.5 Å². The molecule has 0 saturated carbocycles. The van der Waals surface area contributed by atoms with E-state index in [1.807, 2.05) is 0 Å². The Morgan fingerprint density at radius 3 is 2.44 bits per heavy atom. The second-order valence-electron chi connectivity index (χ2n) is 6.37. The number of benzene rings is 2. The third-order valence-electron chi connectivity index (χ3n) is 4.20. The highest BCUT2D eigenvalue weighted by molar-refractivity contribution is 9.10. The molecule has 32 heavy (non-hydrogen) atoms. The number of nitrogens with one attached hydrogen (secondary N) is 1. The number of amides is 4. The summed E-state index contributed by atoms with van der Waals surface area (Å²) in [5, 5.41) is 11.4. The first kappa shape index (κ1) is 23.3. The molecule has 0 atom stereocenters. The Morgan fingerprint density at radius 1 is 1.16 bits per heavy atom. The van der Waals surface area contributed by atoms with Gasteiger partial charge in [-0.15, -0.1) is 0 Å². The highest BCUT2D eigenvalue weighted by Crippen LogP contribution is 2.35. The van der Waals surface area contributed by atoms with Crippen LogP contribution >= 0.6 is 27.5 Å². The van der Waals surface area contributed by atoms with E-state index in [9.17, 15) is 19.2 Å². The molecule has 1 saturated heterocycles. The lowest BCUT2D eigenvalue weighted by atomic mass is 10.1. The van der Waals surface area contributed by atoms with Gasteiger partial charge in [0.2, 0.25) is 0 Å². The van der Waals surface area contributed by atoms with Gasteiger partial charge in [-0.1, -0.05) is 27.5 Å². The third-order valence-corrected chi connectivity index (χ3v) is 5.14. The van der Waals surface area contributed by atoms with Crippen molar-refractivity contribution in [3.8, 4) is 11.5 Å². The van der Waals surface area contributed by atoms with Gasteiger partial charge in [-0.2, -0.15) is 0 Å². The van der Waals surface area contributed by atoms with Crippen LogP contribution in [0.3, 0.4) is 0 Å². The van der Waals surface area contributed by atoms with Crippen LogP contribution in [0.5, 0.6) is 11.5 Å². The lowest BCUT2D eigenvalue weighted by Gasteiger charge is -2.26. The molecule has 2 aromatic rings. The molecule has 0 aromatic heterocycles. The number of carbonyl (C=O) groups is 4. The molecular weight excluding hydrogens is 508 g/mol. The lowest BCUT2D eigenvalue weighted by molar-refractivity contribution is -0.139. The smallest absolute Gasteiger partial charge is 0.341 e. The van der Waals surface area contributed by atoms with Crippen molar-refractivity contribution in [2.75, 3.05) is 18.1 Å². The van der Waals surface area contributed by atoms with Crippen LogP contribution in [0, 0.1) is 0 Å². The quantitative estimate of drug-likeness (QED) is 0.420. The van der Waals surface area contributed by atoms with Crippen molar-refractivity contribution in [2.45, 2.75) is 6.92 Å². The number of anilines is 1. The van der Waals surface area contributed by atoms with E-state index in [1.54, 1.807) is 6.92 Å². The standard InChI is InChI=1S/C21H16BrClN2O7/c1-2-31-16-8-11(15(22)9-17(16)32-10-18(26)27)7-14-19(28)24-21(30)25(20(14)29)13-5-3-12(23)4-6-13/h3-9H,2,10H2,1H3,(H,26,27)(H,24,28,30)/b14-7+. The van der Waals surface area contributed by atoms with Crippen LogP contribution in [0.1, 0.15) is 12.5 Å². The van der Waals surface area contributed by atoms with Crippen LogP contribution in [0.25, 0.3) is 6.08 Å². The Labute approximate surface area is 195 Å². The first-order valence-corrected chi connectivity index (χ1v) is 10.4. The predicted molar refractivity (Wildman–Crippen MR) is 119 cm³/mol. The van der Waals surface area contributed by atoms with Crippen LogP contribution in [0.4, 0.5) is 10.5 Å². The largest absolute Gasteiger partial charge is 0.490 e. The SMILES string of the molecule is CCOc1cc(/C=C2\C(=O)NC(=O)N(c3ccc(Cl)cc3)C2=O)c(Br)cc1OCC(=O)O. The molecule has 0 bridgehead atoms. The number of carboxylic acids is 1. The van der Waals surface area contributed by atoms with E-state index < -0.39 is 30.4 Å². The number of imide groups is 2. The van der Waals surface area contributed by atoms with Gasteiger partial charge in [0.15, 0.2) is 18.1 Å². The number of hydrogen-bond acceptors (Lipinski definition) is 6. The molecule has 0 radical (unpaired) electrons. The number of carbonyl (C=O) groups excluding carboxylic acids is 3. The van der Waals surface area contributed by atoms with Crippen molar-refractivity contribution < 1.29 is 33.8 Å². The second kappa shape index (κ2) is 9.84. The number of rotatable bonds is 7. The second-order valence-corrected chi connectivity index (χ2v) is 7.66.